The van der Waals surface area contributed by atoms with E-state index in [1.807, 2.05) is 16.9 Å². The molecular weight excluding hydrogens is 1080 g/mol. The average Bonchev–Trinajstić information content (AvgIpc) is 3.96. The smallest absolute Gasteiger partial charge is 0.224 e. The van der Waals surface area contributed by atoms with Gasteiger partial charge in [0, 0.05) is 85.1 Å². The lowest BCUT2D eigenvalue weighted by Crippen LogP contribution is -2.64. The Kier molecular flexibility index (Phi) is 21.6. The first kappa shape index (κ1) is 61.1. The number of fused-ring (bicyclic) bond motifs is 6. The van der Waals surface area contributed by atoms with E-state index in [0.717, 1.165) is 94.1 Å². The number of aliphatic hydroxyl groups excluding tert-OH is 5. The van der Waals surface area contributed by atoms with Gasteiger partial charge in [-0.1, -0.05) is 62.4 Å². The number of hydrogen-bond acceptors (Lipinski definition) is 18. The maximum atomic E-state index is 13.8. The molecule has 15 nitrogen and oxygen atoms in total. The van der Waals surface area contributed by atoms with E-state index in [2.05, 4.69) is 29.4 Å². The molecule has 6 fully saturated rings. The summed E-state index contributed by atoms with van der Waals surface area (Å²) in [6.07, 6.45) is 8.80. The fourth-order valence-electron chi connectivity index (χ4n) is 15.9. The molecule has 10 rings (SSSR count). The number of phenols is 2. The fraction of sp³-hybridized carbons (Fsp3) is 0.750. The van der Waals surface area contributed by atoms with Crippen molar-refractivity contribution in [2.75, 3.05) is 65.1 Å². The zero-order chi connectivity index (χ0) is 55.8. The summed E-state index contributed by atoms with van der Waals surface area (Å²) in [5.74, 6) is 10.8. The third-order valence-electron chi connectivity index (χ3n) is 19.5. The Labute approximate surface area is 484 Å². The number of amides is 1. The van der Waals surface area contributed by atoms with E-state index in [0.29, 0.717) is 61.2 Å². The number of phenolic OH excluding ortho intramolecular Hbond substituents is 2. The van der Waals surface area contributed by atoms with E-state index in [9.17, 15) is 40.5 Å². The number of carbonyl (C=O) groups excluding carboxylic acids is 1. The van der Waals surface area contributed by atoms with Crippen molar-refractivity contribution in [3.8, 4) is 40.6 Å². The zero-order valence-corrected chi connectivity index (χ0v) is 49.9. The second kappa shape index (κ2) is 28.0. The Balaban J connectivity index is 1.02. The lowest BCUT2D eigenvalue weighted by atomic mass is 9.38. The van der Waals surface area contributed by atoms with Crippen LogP contribution < -0.4 is 24.8 Å². The van der Waals surface area contributed by atoms with Gasteiger partial charge < -0.3 is 70.1 Å². The van der Waals surface area contributed by atoms with Gasteiger partial charge in [-0.3, -0.25) is 4.79 Å². The quantitative estimate of drug-likeness (QED) is 0.0376. The lowest BCUT2D eigenvalue weighted by molar-refractivity contribution is -0.167. The van der Waals surface area contributed by atoms with Crippen LogP contribution in [0.5, 0.6) is 28.7 Å². The number of carbonyl (C=O) groups is 1. The SMILES string of the molecule is COCCCC1NC(=O)C2CSSCC3NCCC#CC45CC(C)CCC4C(CCC54CC(Oc5cc6c(cc5O)C(CCO)SSCC(O)C(Cc5cc(OC)c(O)c(OC)c5)C(O)CC(OCO)CC6)CCC34)CC(O)C12. The van der Waals surface area contributed by atoms with Crippen LogP contribution in [0.3, 0.4) is 0 Å². The second-order valence-corrected chi connectivity index (χ2v) is 29.1. The Morgan fingerprint density at radius 3 is 2.35 bits per heavy atom. The molecule has 2 spiro atoms. The van der Waals surface area contributed by atoms with E-state index in [4.69, 9.17) is 23.7 Å². The third kappa shape index (κ3) is 13.4. The number of benzene rings is 2. The first-order valence-corrected chi connectivity index (χ1v) is 34.0. The van der Waals surface area contributed by atoms with Crippen LogP contribution in [0.4, 0.5) is 0 Å². The van der Waals surface area contributed by atoms with Crippen molar-refractivity contribution in [3.05, 3.63) is 41.0 Å². The molecule has 1 amide bonds. The largest absolute Gasteiger partial charge is 0.504 e. The van der Waals surface area contributed by atoms with Crippen molar-refractivity contribution in [1.82, 2.24) is 10.6 Å². The molecule has 19 heteroatoms. The molecule has 5 aliphatic heterocycles. The van der Waals surface area contributed by atoms with Crippen LogP contribution in [0.25, 0.3) is 0 Å². The standard InChI is InChI=1S/C60H88N2O13S4/c1-35-9-13-44-38-15-18-60-30-40(12-14-45(60)47(61-19-6-5-17-59(44,60)29-35)32-77-76-31-43-56(50(67)25-38)46(62-58(43)70)8-7-21-71-2)75-52-26-37-10-11-39(74-34-64)27-48(65)42(22-36-23-53(72-3)57(69)54(24-36)73-4)51(68)33-78-79-55(16-20-63)41(37)28-49(52)66/h23-24,26,28,35,38-40,42-48,50-51,55-56,61,63-69H,6-16,18-22,25,27,29-34H2,1-4H3,(H,62,70). The number of nitrogens with one attached hydrogen (secondary N) is 2. The van der Waals surface area contributed by atoms with Gasteiger partial charge in [0.05, 0.1) is 50.7 Å². The van der Waals surface area contributed by atoms with Gasteiger partial charge in [-0.2, -0.15) is 0 Å². The summed E-state index contributed by atoms with van der Waals surface area (Å²) in [6.45, 7) is 3.17. The molecule has 0 radical (unpaired) electrons. The first-order valence-electron chi connectivity index (χ1n) is 29.2. The maximum Gasteiger partial charge on any atom is 0.224 e. The highest BCUT2D eigenvalue weighted by molar-refractivity contribution is 8.77. The first-order chi connectivity index (χ1) is 38.3. The number of aromatic hydroxyl groups is 2. The molecule has 5 heterocycles. The second-order valence-electron chi connectivity index (χ2n) is 23.9. The van der Waals surface area contributed by atoms with E-state index in [-0.39, 0.29) is 112 Å². The van der Waals surface area contributed by atoms with Crippen LogP contribution >= 0.6 is 43.2 Å². The number of aliphatic hydroxyl groups is 5. The van der Waals surface area contributed by atoms with Crippen LogP contribution in [0.15, 0.2) is 24.3 Å². The van der Waals surface area contributed by atoms with Gasteiger partial charge in [-0.05, 0) is 166 Å². The summed E-state index contributed by atoms with van der Waals surface area (Å²) in [7, 11) is 11.2. The summed E-state index contributed by atoms with van der Waals surface area (Å²) in [4.78, 5) is 13.8. The van der Waals surface area contributed by atoms with E-state index < -0.39 is 37.1 Å². The van der Waals surface area contributed by atoms with E-state index in [1.54, 1.807) is 36.1 Å². The van der Waals surface area contributed by atoms with Crippen LogP contribution in [0.1, 0.15) is 125 Å². The van der Waals surface area contributed by atoms with Crippen LogP contribution in [0, 0.1) is 64.1 Å². The molecular formula is C60H88N2O13S4. The lowest BCUT2D eigenvalue weighted by Gasteiger charge is -2.66. The summed E-state index contributed by atoms with van der Waals surface area (Å²) < 4.78 is 29.4. The van der Waals surface area contributed by atoms with Crippen molar-refractivity contribution >= 4 is 49.1 Å². The molecule has 79 heavy (non-hydrogen) atoms. The molecule has 3 aliphatic carbocycles. The Hall–Kier alpha value is -2.45. The molecule has 3 saturated carbocycles. The molecule has 2 aromatic rings. The average molecular weight is 1170 g/mol. The monoisotopic (exact) mass is 1170 g/mol. The highest BCUT2D eigenvalue weighted by Crippen LogP contribution is 2.70. The maximum absolute atomic E-state index is 13.8. The Morgan fingerprint density at radius 2 is 1.59 bits per heavy atom. The molecule has 8 aliphatic rings. The summed E-state index contributed by atoms with van der Waals surface area (Å²) in [5.41, 5.74) is 1.93. The van der Waals surface area contributed by atoms with Gasteiger partial charge in [0.2, 0.25) is 11.7 Å². The van der Waals surface area contributed by atoms with Gasteiger partial charge >= 0.3 is 0 Å². The van der Waals surface area contributed by atoms with Crippen molar-refractivity contribution in [1.29, 1.82) is 0 Å². The molecule has 3 saturated heterocycles. The van der Waals surface area contributed by atoms with Crippen molar-refractivity contribution in [2.45, 2.75) is 164 Å². The highest BCUT2D eigenvalue weighted by Gasteiger charge is 2.66. The van der Waals surface area contributed by atoms with Crippen LogP contribution in [-0.4, -0.2) is 149 Å². The van der Waals surface area contributed by atoms with Crippen LogP contribution in [-0.2, 0) is 27.1 Å². The minimum absolute atomic E-state index is 0.0293. The van der Waals surface area contributed by atoms with Crippen molar-refractivity contribution in [2.24, 2.45) is 52.3 Å². The Morgan fingerprint density at radius 1 is 0.810 bits per heavy atom. The van der Waals surface area contributed by atoms with E-state index >= 15 is 0 Å². The summed E-state index contributed by atoms with van der Waals surface area (Å²) in [5, 5.41) is 87.0. The predicted octanol–water partition coefficient (Wildman–Crippen LogP) is 8.21. The molecule has 17 atom stereocenters. The van der Waals surface area contributed by atoms with E-state index in [1.165, 1.54) is 35.8 Å². The van der Waals surface area contributed by atoms with Gasteiger partial charge in [-0.15, -0.1) is 5.92 Å². The summed E-state index contributed by atoms with van der Waals surface area (Å²) >= 11 is 0. The normalized spacial score (nSPS) is 37.2. The minimum Gasteiger partial charge on any atom is -0.504 e. The molecule has 0 aromatic heterocycles. The van der Waals surface area contributed by atoms with Gasteiger partial charge in [0.15, 0.2) is 23.0 Å². The minimum atomic E-state index is -1.04. The number of methoxy groups -OCH3 is 3. The van der Waals surface area contributed by atoms with Gasteiger partial charge in [0.25, 0.3) is 0 Å². The zero-order valence-electron chi connectivity index (χ0n) is 46.7. The molecule has 17 unspecified atom stereocenters. The van der Waals surface area contributed by atoms with Crippen molar-refractivity contribution < 1.29 is 64.2 Å². The third-order valence-corrected chi connectivity index (χ3v) is 24.8. The Bertz CT molecular complexity index is 2390. The highest BCUT2D eigenvalue weighted by atomic mass is 33.1. The van der Waals surface area contributed by atoms with Gasteiger partial charge in [0.1, 0.15) is 6.79 Å². The molecule has 440 valence electrons. The number of ether oxygens (including phenoxy) is 5. The molecule has 2 aromatic carbocycles. The number of rotatable bonds is 14. The molecule has 4 bridgehead atoms. The molecule has 9 N–H and O–H groups in total. The fourth-order valence-corrected chi connectivity index (χ4v) is 21.4. The predicted molar refractivity (Wildman–Crippen MR) is 314 cm³/mol. The number of hydrogen-bond donors (Lipinski definition) is 9. The topological polar surface area (TPSA) is 229 Å². The summed E-state index contributed by atoms with van der Waals surface area (Å²) in [6, 6.07) is 7.24. The van der Waals surface area contributed by atoms with Gasteiger partial charge in [-0.25, -0.2) is 0 Å². The van der Waals surface area contributed by atoms with Crippen molar-refractivity contribution in [3.63, 3.8) is 0 Å². The number of aryl methyl sites for hydroxylation is 1. The van der Waals surface area contributed by atoms with Crippen LogP contribution in [0.2, 0.25) is 0 Å².